The van der Waals surface area contributed by atoms with Crippen molar-refractivity contribution in [2.75, 3.05) is 20.2 Å². The van der Waals surface area contributed by atoms with Gasteiger partial charge in [0, 0.05) is 18.3 Å². The van der Waals surface area contributed by atoms with E-state index < -0.39 is 0 Å². The number of pyridine rings is 1. The maximum atomic E-state index is 5.93. The fourth-order valence-electron chi connectivity index (χ4n) is 2.38. The minimum Gasteiger partial charge on any atom is -0.497 e. The molecule has 1 aromatic heterocycles. The monoisotopic (exact) mass is 356 g/mol. The number of guanidine groups is 1. The van der Waals surface area contributed by atoms with Crippen molar-refractivity contribution in [1.29, 1.82) is 0 Å². The van der Waals surface area contributed by atoms with E-state index in [0.717, 1.165) is 35.4 Å². The molecule has 2 N–H and O–H groups in total. The fraction of sp³-hybridized carbons (Fsp3) is 0.400. The SMILES string of the molecule is CCNC(=NCc1cccc(C)n1)NCC(C)Oc1cccc(OC)c1. The largest absolute Gasteiger partial charge is 0.497 e. The minimum absolute atomic E-state index is 0.0249. The maximum Gasteiger partial charge on any atom is 0.191 e. The zero-order valence-corrected chi connectivity index (χ0v) is 16.0. The second-order valence-electron chi connectivity index (χ2n) is 5.95. The van der Waals surface area contributed by atoms with Gasteiger partial charge in [0.2, 0.25) is 0 Å². The summed E-state index contributed by atoms with van der Waals surface area (Å²) in [5.41, 5.74) is 1.94. The molecule has 1 aromatic carbocycles. The van der Waals surface area contributed by atoms with Crippen LogP contribution in [0.5, 0.6) is 11.5 Å². The van der Waals surface area contributed by atoms with E-state index in [1.54, 1.807) is 7.11 Å². The van der Waals surface area contributed by atoms with Crippen LogP contribution in [0.3, 0.4) is 0 Å². The number of aryl methyl sites for hydroxylation is 1. The molecule has 6 nitrogen and oxygen atoms in total. The second kappa shape index (κ2) is 10.3. The highest BCUT2D eigenvalue weighted by Gasteiger charge is 2.07. The van der Waals surface area contributed by atoms with Crippen LogP contribution in [-0.2, 0) is 6.54 Å². The Labute approximate surface area is 155 Å². The topological polar surface area (TPSA) is 67.8 Å². The summed E-state index contributed by atoms with van der Waals surface area (Å²) < 4.78 is 11.1. The smallest absolute Gasteiger partial charge is 0.191 e. The van der Waals surface area contributed by atoms with Gasteiger partial charge in [0.25, 0.3) is 0 Å². The molecule has 2 aromatic rings. The first-order valence-corrected chi connectivity index (χ1v) is 8.86. The average Bonchev–Trinajstić information content (AvgIpc) is 2.64. The number of hydrogen-bond donors (Lipinski definition) is 2. The Morgan fingerprint density at radius 3 is 2.65 bits per heavy atom. The van der Waals surface area contributed by atoms with E-state index in [-0.39, 0.29) is 6.10 Å². The van der Waals surface area contributed by atoms with E-state index in [1.165, 1.54) is 0 Å². The van der Waals surface area contributed by atoms with Crippen LogP contribution in [0.2, 0.25) is 0 Å². The van der Waals surface area contributed by atoms with Crippen LogP contribution < -0.4 is 20.1 Å². The predicted octanol–water partition coefficient (Wildman–Crippen LogP) is 2.92. The summed E-state index contributed by atoms with van der Waals surface area (Å²) in [5, 5.41) is 6.55. The minimum atomic E-state index is -0.0249. The molecule has 1 heterocycles. The molecule has 0 bridgehead atoms. The molecule has 6 heteroatoms. The fourth-order valence-corrected chi connectivity index (χ4v) is 2.38. The van der Waals surface area contributed by atoms with Crippen molar-refractivity contribution < 1.29 is 9.47 Å². The number of benzene rings is 1. The predicted molar refractivity (Wildman–Crippen MR) is 105 cm³/mol. The molecule has 0 spiro atoms. The third-order valence-electron chi connectivity index (χ3n) is 3.62. The van der Waals surface area contributed by atoms with Crippen molar-refractivity contribution in [3.05, 3.63) is 53.9 Å². The lowest BCUT2D eigenvalue weighted by atomic mass is 10.3. The van der Waals surface area contributed by atoms with Crippen LogP contribution in [0, 0.1) is 6.92 Å². The van der Waals surface area contributed by atoms with Gasteiger partial charge in [-0.2, -0.15) is 0 Å². The Balaban J connectivity index is 1.89. The van der Waals surface area contributed by atoms with Crippen LogP contribution in [0.1, 0.15) is 25.2 Å². The number of nitrogens with zero attached hydrogens (tertiary/aromatic N) is 2. The molecule has 0 fully saturated rings. The van der Waals surface area contributed by atoms with Crippen LogP contribution in [0.4, 0.5) is 0 Å². The summed E-state index contributed by atoms with van der Waals surface area (Å²) in [6.45, 7) is 7.98. The van der Waals surface area contributed by atoms with E-state index in [4.69, 9.17) is 9.47 Å². The number of aliphatic imine (C=N–C) groups is 1. The molecule has 0 aliphatic heterocycles. The number of aromatic nitrogens is 1. The Bertz CT molecular complexity index is 718. The van der Waals surface area contributed by atoms with Gasteiger partial charge in [0.05, 0.1) is 25.9 Å². The maximum absolute atomic E-state index is 5.93. The first kappa shape index (κ1) is 19.6. The number of hydrogen-bond acceptors (Lipinski definition) is 4. The van der Waals surface area contributed by atoms with E-state index in [9.17, 15) is 0 Å². The van der Waals surface area contributed by atoms with Gasteiger partial charge in [-0.05, 0) is 45.0 Å². The van der Waals surface area contributed by atoms with E-state index in [1.807, 2.05) is 63.2 Å². The highest BCUT2D eigenvalue weighted by molar-refractivity contribution is 5.79. The molecule has 1 atom stereocenters. The first-order chi connectivity index (χ1) is 12.6. The molecular weight excluding hydrogens is 328 g/mol. The molecule has 26 heavy (non-hydrogen) atoms. The Hall–Kier alpha value is -2.76. The van der Waals surface area contributed by atoms with Crippen molar-refractivity contribution in [2.24, 2.45) is 4.99 Å². The van der Waals surface area contributed by atoms with Crippen molar-refractivity contribution in [2.45, 2.75) is 33.4 Å². The molecule has 1 unspecified atom stereocenters. The molecule has 0 aliphatic rings. The lowest BCUT2D eigenvalue weighted by Gasteiger charge is -2.18. The van der Waals surface area contributed by atoms with Crippen molar-refractivity contribution in [3.8, 4) is 11.5 Å². The second-order valence-corrected chi connectivity index (χ2v) is 5.95. The van der Waals surface area contributed by atoms with Crippen molar-refractivity contribution >= 4 is 5.96 Å². The number of ether oxygens (including phenoxy) is 2. The highest BCUT2D eigenvalue weighted by Crippen LogP contribution is 2.19. The van der Waals surface area contributed by atoms with Gasteiger partial charge in [-0.15, -0.1) is 0 Å². The lowest BCUT2D eigenvalue weighted by Crippen LogP contribution is -2.41. The molecule has 0 amide bonds. The highest BCUT2D eigenvalue weighted by atomic mass is 16.5. The Morgan fingerprint density at radius 2 is 1.92 bits per heavy atom. The molecule has 0 saturated carbocycles. The summed E-state index contributed by atoms with van der Waals surface area (Å²) in [6.07, 6.45) is -0.0249. The van der Waals surface area contributed by atoms with E-state index in [2.05, 4.69) is 20.6 Å². The molecular formula is C20H28N4O2. The normalized spacial score (nSPS) is 12.4. The van der Waals surface area contributed by atoms with E-state index in [0.29, 0.717) is 13.1 Å². The van der Waals surface area contributed by atoms with Gasteiger partial charge in [0.15, 0.2) is 5.96 Å². The quantitative estimate of drug-likeness (QED) is 0.562. The van der Waals surface area contributed by atoms with Gasteiger partial charge in [-0.25, -0.2) is 4.99 Å². The summed E-state index contributed by atoms with van der Waals surface area (Å²) in [7, 11) is 1.65. The third-order valence-corrected chi connectivity index (χ3v) is 3.62. The molecule has 140 valence electrons. The molecule has 2 rings (SSSR count). The van der Waals surface area contributed by atoms with Gasteiger partial charge in [0.1, 0.15) is 17.6 Å². The Morgan fingerprint density at radius 1 is 1.15 bits per heavy atom. The molecule has 0 aliphatic carbocycles. The average molecular weight is 356 g/mol. The van der Waals surface area contributed by atoms with Crippen LogP contribution in [0.15, 0.2) is 47.5 Å². The number of rotatable bonds is 8. The van der Waals surface area contributed by atoms with Crippen molar-refractivity contribution in [3.63, 3.8) is 0 Å². The zero-order valence-electron chi connectivity index (χ0n) is 16.0. The molecule has 0 radical (unpaired) electrons. The number of nitrogens with one attached hydrogen (secondary N) is 2. The zero-order chi connectivity index (χ0) is 18.8. The van der Waals surface area contributed by atoms with Crippen molar-refractivity contribution in [1.82, 2.24) is 15.6 Å². The van der Waals surface area contributed by atoms with Gasteiger partial charge in [-0.3, -0.25) is 4.98 Å². The first-order valence-electron chi connectivity index (χ1n) is 8.86. The third kappa shape index (κ3) is 6.63. The standard InChI is InChI=1S/C20H28N4O2/c1-5-21-20(23-14-17-9-6-8-15(2)24-17)22-13-16(3)26-19-11-7-10-18(12-19)25-4/h6-12,16H,5,13-14H2,1-4H3,(H2,21,22,23). The van der Waals surface area contributed by atoms with Crippen LogP contribution in [-0.4, -0.2) is 37.2 Å². The van der Waals surface area contributed by atoms with Crippen LogP contribution >= 0.6 is 0 Å². The van der Waals surface area contributed by atoms with Gasteiger partial charge >= 0.3 is 0 Å². The van der Waals surface area contributed by atoms with Gasteiger partial charge in [-0.1, -0.05) is 12.1 Å². The summed E-state index contributed by atoms with van der Waals surface area (Å²) >= 11 is 0. The lowest BCUT2D eigenvalue weighted by molar-refractivity contribution is 0.223. The molecule has 0 saturated heterocycles. The van der Waals surface area contributed by atoms with Crippen LogP contribution in [0.25, 0.3) is 0 Å². The summed E-state index contributed by atoms with van der Waals surface area (Å²) in [5.74, 6) is 2.31. The number of methoxy groups -OCH3 is 1. The summed E-state index contributed by atoms with van der Waals surface area (Å²) in [6, 6.07) is 13.6. The van der Waals surface area contributed by atoms with E-state index >= 15 is 0 Å². The summed E-state index contributed by atoms with van der Waals surface area (Å²) in [4.78, 5) is 9.06. The Kier molecular flexibility index (Phi) is 7.74. The van der Waals surface area contributed by atoms with Gasteiger partial charge < -0.3 is 20.1 Å².